The van der Waals surface area contributed by atoms with Crippen LogP contribution in [0.5, 0.6) is 11.5 Å². The number of ether oxygens (including phenoxy) is 2. The van der Waals surface area contributed by atoms with Crippen LogP contribution in [0.15, 0.2) is 84.0 Å². The number of methoxy groups -OCH3 is 1. The van der Waals surface area contributed by atoms with Gasteiger partial charge in [0.05, 0.1) is 12.8 Å². The smallest absolute Gasteiger partial charge is 0.145 e. The van der Waals surface area contributed by atoms with Crippen molar-refractivity contribution >= 4 is 17.3 Å². The van der Waals surface area contributed by atoms with Gasteiger partial charge in [-0.1, -0.05) is 53.2 Å². The molecule has 0 amide bonds. The Bertz CT molecular complexity index is 1080. The Morgan fingerprint density at radius 3 is 2.50 bits per heavy atom. The molecule has 4 rings (SSSR count). The second-order valence-electron chi connectivity index (χ2n) is 8.26. The molecule has 3 aromatic rings. The van der Waals surface area contributed by atoms with Gasteiger partial charge in [0.1, 0.15) is 30.3 Å². The van der Waals surface area contributed by atoms with E-state index >= 15 is 0 Å². The van der Waals surface area contributed by atoms with Gasteiger partial charge in [-0.2, -0.15) is 0 Å². The second-order valence-corrected chi connectivity index (χ2v) is 8.67. The molecule has 0 aliphatic carbocycles. The van der Waals surface area contributed by atoms with Crippen LogP contribution in [0.3, 0.4) is 0 Å². The second kappa shape index (κ2) is 11.9. The first-order valence-electron chi connectivity index (χ1n) is 11.3. The number of para-hydroxylation sites is 1. The molecule has 1 heterocycles. The van der Waals surface area contributed by atoms with E-state index in [-0.39, 0.29) is 12.7 Å². The van der Waals surface area contributed by atoms with Crippen molar-refractivity contribution in [2.75, 3.05) is 26.8 Å². The number of hydrogen-bond acceptors (Lipinski definition) is 6. The van der Waals surface area contributed by atoms with Gasteiger partial charge in [-0.15, -0.1) is 0 Å². The summed E-state index contributed by atoms with van der Waals surface area (Å²) >= 11 is 6.41. The summed E-state index contributed by atoms with van der Waals surface area (Å²) in [5, 5.41) is 15.7. The van der Waals surface area contributed by atoms with Crippen LogP contribution in [0.1, 0.15) is 17.5 Å². The van der Waals surface area contributed by atoms with Crippen molar-refractivity contribution < 1.29 is 19.4 Å². The molecular formula is C27H29ClN2O4. The van der Waals surface area contributed by atoms with Crippen molar-refractivity contribution in [3.8, 4) is 11.5 Å². The fourth-order valence-electron chi connectivity index (χ4n) is 3.90. The highest BCUT2D eigenvalue weighted by atomic mass is 35.5. The van der Waals surface area contributed by atoms with Gasteiger partial charge in [0.2, 0.25) is 0 Å². The minimum Gasteiger partial charge on any atom is -0.497 e. The summed E-state index contributed by atoms with van der Waals surface area (Å²) in [6.45, 7) is 1.79. The quantitative estimate of drug-likeness (QED) is 0.427. The van der Waals surface area contributed by atoms with Crippen LogP contribution in [-0.4, -0.2) is 54.7 Å². The van der Waals surface area contributed by atoms with Crippen molar-refractivity contribution in [1.29, 1.82) is 0 Å². The zero-order valence-corrected chi connectivity index (χ0v) is 19.9. The van der Waals surface area contributed by atoms with E-state index in [9.17, 15) is 5.11 Å². The summed E-state index contributed by atoms with van der Waals surface area (Å²) in [5.74, 6) is 1.54. The average Bonchev–Trinajstić information content (AvgIpc) is 3.33. The molecule has 1 aliphatic rings. The molecule has 0 bridgehead atoms. The molecule has 1 N–H and O–H groups in total. The fourth-order valence-corrected chi connectivity index (χ4v) is 4.09. The summed E-state index contributed by atoms with van der Waals surface area (Å²) < 4.78 is 11.0. The van der Waals surface area contributed by atoms with E-state index < -0.39 is 6.10 Å². The number of aliphatic hydroxyl groups is 1. The molecule has 0 aromatic heterocycles. The van der Waals surface area contributed by atoms with Gasteiger partial charge in [-0.25, -0.2) is 0 Å². The van der Waals surface area contributed by atoms with Gasteiger partial charge in [-0.05, 0) is 53.6 Å². The minimum atomic E-state index is -0.675. The molecule has 0 saturated heterocycles. The monoisotopic (exact) mass is 480 g/mol. The van der Waals surface area contributed by atoms with Crippen LogP contribution in [0, 0.1) is 0 Å². The van der Waals surface area contributed by atoms with Crippen LogP contribution in [0.2, 0.25) is 5.02 Å². The lowest BCUT2D eigenvalue weighted by atomic mass is 10.0. The van der Waals surface area contributed by atoms with Crippen LogP contribution in [0.4, 0.5) is 0 Å². The first-order valence-corrected chi connectivity index (χ1v) is 11.7. The number of halogens is 1. The predicted octanol–water partition coefficient (Wildman–Crippen LogP) is 4.78. The van der Waals surface area contributed by atoms with Crippen molar-refractivity contribution in [3.63, 3.8) is 0 Å². The highest BCUT2D eigenvalue weighted by Gasteiger charge is 2.26. The lowest BCUT2D eigenvalue weighted by molar-refractivity contribution is 0.0213. The molecule has 34 heavy (non-hydrogen) atoms. The largest absolute Gasteiger partial charge is 0.497 e. The Balaban J connectivity index is 1.38. The lowest BCUT2D eigenvalue weighted by Crippen LogP contribution is -2.39. The number of rotatable bonds is 11. The van der Waals surface area contributed by atoms with Crippen molar-refractivity contribution in [2.24, 2.45) is 5.16 Å². The average molecular weight is 481 g/mol. The molecule has 6 nitrogen and oxygen atoms in total. The molecule has 0 saturated carbocycles. The van der Waals surface area contributed by atoms with Crippen molar-refractivity contribution in [1.82, 2.24) is 4.90 Å². The van der Waals surface area contributed by atoms with E-state index in [0.717, 1.165) is 28.3 Å². The van der Waals surface area contributed by atoms with E-state index in [1.54, 1.807) is 7.11 Å². The lowest BCUT2D eigenvalue weighted by Gasteiger charge is -2.27. The highest BCUT2D eigenvalue weighted by Crippen LogP contribution is 2.22. The van der Waals surface area contributed by atoms with Crippen molar-refractivity contribution in [3.05, 3.63) is 95.0 Å². The summed E-state index contributed by atoms with van der Waals surface area (Å²) in [5.41, 5.74) is 2.91. The Hall–Kier alpha value is -3.06. The maximum Gasteiger partial charge on any atom is 0.145 e. The Morgan fingerprint density at radius 2 is 1.76 bits per heavy atom. The first kappa shape index (κ1) is 24.1. The minimum absolute atomic E-state index is 0.123. The molecule has 1 aliphatic heterocycles. The van der Waals surface area contributed by atoms with Gasteiger partial charge >= 0.3 is 0 Å². The third-order valence-corrected chi connectivity index (χ3v) is 5.99. The summed E-state index contributed by atoms with van der Waals surface area (Å²) in [7, 11) is 1.65. The van der Waals surface area contributed by atoms with Gasteiger partial charge < -0.3 is 19.4 Å². The Morgan fingerprint density at radius 1 is 1.03 bits per heavy atom. The Kier molecular flexibility index (Phi) is 8.41. The van der Waals surface area contributed by atoms with E-state index in [2.05, 4.69) is 10.1 Å². The summed E-state index contributed by atoms with van der Waals surface area (Å²) in [6, 6.07) is 25.0. The maximum absolute atomic E-state index is 10.7. The van der Waals surface area contributed by atoms with Crippen LogP contribution in [0.25, 0.3) is 0 Å². The van der Waals surface area contributed by atoms with Crippen LogP contribution >= 0.6 is 11.6 Å². The van der Waals surface area contributed by atoms with E-state index in [4.69, 9.17) is 25.9 Å². The fraction of sp³-hybridized carbons (Fsp3) is 0.296. The molecule has 7 heteroatoms. The molecule has 2 atom stereocenters. The molecule has 178 valence electrons. The molecule has 0 spiro atoms. The number of nitrogens with zero attached hydrogens (tertiary/aromatic N) is 2. The number of aliphatic hydroxyl groups excluding tert-OH is 1. The topological polar surface area (TPSA) is 63.5 Å². The van der Waals surface area contributed by atoms with E-state index in [0.29, 0.717) is 31.1 Å². The van der Waals surface area contributed by atoms with Crippen LogP contribution in [-0.2, 0) is 11.4 Å². The SMILES string of the molecule is COc1ccc(C2=NO[C@H](CN(Cc3ccccc3Cl)C[C@@H](O)COc3ccccc3)C2)cc1. The maximum atomic E-state index is 10.7. The van der Waals surface area contributed by atoms with Crippen molar-refractivity contribution in [2.45, 2.75) is 25.2 Å². The zero-order chi connectivity index (χ0) is 23.8. The molecule has 0 radical (unpaired) electrons. The number of oxime groups is 1. The van der Waals surface area contributed by atoms with Gasteiger partial charge in [-0.3, -0.25) is 4.90 Å². The van der Waals surface area contributed by atoms with Gasteiger partial charge in [0.15, 0.2) is 0 Å². The molecular weight excluding hydrogens is 452 g/mol. The predicted molar refractivity (Wildman–Crippen MR) is 134 cm³/mol. The standard InChI is InChI=1S/C27H29ClN2O4/c1-32-23-13-11-20(12-14-23)27-15-25(34-29-27)18-30(16-21-7-5-6-10-26(21)28)17-22(31)19-33-24-8-3-2-4-9-24/h2-14,22,25,31H,15-19H2,1H3/t22-,25+/m1/s1. The third kappa shape index (κ3) is 6.73. The van der Waals surface area contributed by atoms with E-state index in [1.807, 2.05) is 78.9 Å². The summed E-state index contributed by atoms with van der Waals surface area (Å²) in [6.07, 6.45) is -0.116. The Labute approximate surface area is 205 Å². The van der Waals surface area contributed by atoms with Gasteiger partial charge in [0, 0.05) is 31.1 Å². The van der Waals surface area contributed by atoms with E-state index in [1.165, 1.54) is 0 Å². The third-order valence-electron chi connectivity index (χ3n) is 5.62. The number of hydrogen-bond donors (Lipinski definition) is 1. The molecule has 3 aromatic carbocycles. The first-order chi connectivity index (χ1) is 16.6. The molecule has 0 fully saturated rings. The van der Waals surface area contributed by atoms with Gasteiger partial charge in [0.25, 0.3) is 0 Å². The summed E-state index contributed by atoms with van der Waals surface area (Å²) in [4.78, 5) is 7.89. The zero-order valence-electron chi connectivity index (χ0n) is 19.1. The highest BCUT2D eigenvalue weighted by molar-refractivity contribution is 6.31. The number of benzene rings is 3. The molecule has 0 unspecified atom stereocenters. The van der Waals surface area contributed by atoms with Crippen LogP contribution < -0.4 is 9.47 Å². The normalized spacial score (nSPS) is 16.1.